The molecule has 5 heteroatoms. The van der Waals surface area contributed by atoms with E-state index in [1.54, 1.807) is 6.33 Å². The molecule has 0 spiro atoms. The van der Waals surface area contributed by atoms with Crippen molar-refractivity contribution >= 4 is 0 Å². The van der Waals surface area contributed by atoms with Crippen LogP contribution in [0.25, 0.3) is 0 Å². The Kier molecular flexibility index (Phi) is 3.81. The number of nitrogens with zero attached hydrogens (tertiary/aromatic N) is 4. The number of hydrogen-bond donors (Lipinski definition) is 1. The fourth-order valence-corrected chi connectivity index (χ4v) is 1.83. The fourth-order valence-electron chi connectivity index (χ4n) is 1.83. The monoisotopic (exact) mass is 248 g/mol. The minimum Gasteiger partial charge on any atom is -0.386 e. The molecule has 5 nitrogen and oxygen atoms in total. The van der Waals surface area contributed by atoms with Crippen LogP contribution in [-0.4, -0.2) is 24.4 Å². The van der Waals surface area contributed by atoms with Crippen LogP contribution in [0.2, 0.25) is 0 Å². The van der Waals surface area contributed by atoms with Gasteiger partial charge in [0.1, 0.15) is 6.10 Å². The van der Waals surface area contributed by atoms with Crippen LogP contribution in [-0.2, 0) is 13.5 Å². The molecule has 18 heavy (non-hydrogen) atoms. The van der Waals surface area contributed by atoms with E-state index in [0.29, 0.717) is 18.2 Å². The van der Waals surface area contributed by atoms with Gasteiger partial charge in [0.15, 0.2) is 0 Å². The lowest BCUT2D eigenvalue weighted by molar-refractivity contribution is 0.172. The quantitative estimate of drug-likeness (QED) is 0.878. The van der Waals surface area contributed by atoms with Gasteiger partial charge in [0.25, 0.3) is 0 Å². The van der Waals surface area contributed by atoms with Gasteiger partial charge < -0.3 is 9.67 Å². The van der Waals surface area contributed by atoms with Crippen LogP contribution in [0.1, 0.15) is 43.8 Å². The predicted molar refractivity (Wildman–Crippen MR) is 69.1 cm³/mol. The zero-order valence-electron chi connectivity index (χ0n) is 11.1. The van der Waals surface area contributed by atoms with Crippen molar-refractivity contribution in [2.75, 3.05) is 0 Å². The smallest absolute Gasteiger partial charge is 0.103 e. The average molecular weight is 248 g/mol. The molecule has 2 unspecified atom stereocenters. The van der Waals surface area contributed by atoms with Crippen LogP contribution in [0.5, 0.6) is 0 Å². The Morgan fingerprint density at radius 1 is 1.44 bits per heavy atom. The number of hydrogen-bond acceptors (Lipinski definition) is 3. The molecular weight excluding hydrogens is 228 g/mol. The van der Waals surface area contributed by atoms with Crippen molar-refractivity contribution in [3.8, 4) is 0 Å². The van der Waals surface area contributed by atoms with Crippen molar-refractivity contribution < 1.29 is 5.11 Å². The molecule has 0 aliphatic carbocycles. The van der Waals surface area contributed by atoms with Crippen molar-refractivity contribution in [2.24, 2.45) is 7.05 Å². The summed E-state index contributed by atoms with van der Waals surface area (Å²) >= 11 is 0. The van der Waals surface area contributed by atoms with Gasteiger partial charge in [-0.15, -0.1) is 0 Å². The van der Waals surface area contributed by atoms with Crippen molar-refractivity contribution in [3.63, 3.8) is 0 Å². The molecule has 0 saturated carbocycles. The molecule has 0 fully saturated rings. The molecular formula is C13H20N4O. The summed E-state index contributed by atoms with van der Waals surface area (Å²) < 4.78 is 3.77. The molecule has 0 aliphatic rings. The minimum atomic E-state index is -0.591. The van der Waals surface area contributed by atoms with Gasteiger partial charge in [-0.05, 0) is 19.4 Å². The van der Waals surface area contributed by atoms with Crippen LogP contribution in [0.4, 0.5) is 0 Å². The van der Waals surface area contributed by atoms with E-state index in [9.17, 15) is 5.11 Å². The lowest BCUT2D eigenvalue weighted by Gasteiger charge is -2.09. The average Bonchev–Trinajstić information content (AvgIpc) is 2.97. The third kappa shape index (κ3) is 2.79. The molecule has 0 aliphatic heterocycles. The SMILES string of the molecule is CCC(C)n1ccc(CC(O)c2cn(C)cn2)n1. The van der Waals surface area contributed by atoms with Gasteiger partial charge in [-0.2, -0.15) is 5.10 Å². The van der Waals surface area contributed by atoms with Crippen molar-refractivity contribution in [3.05, 3.63) is 36.2 Å². The summed E-state index contributed by atoms with van der Waals surface area (Å²) in [6.45, 7) is 4.26. The summed E-state index contributed by atoms with van der Waals surface area (Å²) in [6.07, 6.45) is 6.44. The number of aromatic nitrogens is 4. The third-order valence-corrected chi connectivity index (χ3v) is 3.17. The van der Waals surface area contributed by atoms with E-state index < -0.39 is 6.10 Å². The Balaban J connectivity index is 2.03. The Bertz CT molecular complexity index is 503. The van der Waals surface area contributed by atoms with Crippen molar-refractivity contribution in [2.45, 2.75) is 38.8 Å². The number of aliphatic hydroxyl groups excluding tert-OH is 1. The van der Waals surface area contributed by atoms with Gasteiger partial charge in [0.2, 0.25) is 0 Å². The van der Waals surface area contributed by atoms with E-state index in [0.717, 1.165) is 12.1 Å². The van der Waals surface area contributed by atoms with Crippen molar-refractivity contribution in [1.82, 2.24) is 19.3 Å². The van der Waals surface area contributed by atoms with E-state index in [4.69, 9.17) is 0 Å². The lowest BCUT2D eigenvalue weighted by Crippen LogP contribution is -2.07. The topological polar surface area (TPSA) is 55.9 Å². The number of imidazole rings is 1. The number of aliphatic hydroxyl groups is 1. The molecule has 2 aromatic heterocycles. The van der Waals surface area contributed by atoms with Gasteiger partial charge in [-0.1, -0.05) is 6.92 Å². The summed E-state index contributed by atoms with van der Waals surface area (Å²) in [5.74, 6) is 0. The summed E-state index contributed by atoms with van der Waals surface area (Å²) in [5.41, 5.74) is 1.59. The summed E-state index contributed by atoms with van der Waals surface area (Å²) in [7, 11) is 1.89. The second-order valence-corrected chi connectivity index (χ2v) is 4.73. The first-order valence-corrected chi connectivity index (χ1v) is 6.30. The standard InChI is InChI=1S/C13H20N4O/c1-4-10(2)17-6-5-11(15-17)7-13(18)12-8-16(3)9-14-12/h5-6,8-10,13,18H,4,7H2,1-3H3. The highest BCUT2D eigenvalue weighted by molar-refractivity contribution is 5.08. The normalized spacial score (nSPS) is 14.7. The maximum absolute atomic E-state index is 10.1. The number of rotatable bonds is 5. The molecule has 2 heterocycles. The summed E-state index contributed by atoms with van der Waals surface area (Å²) in [4.78, 5) is 4.15. The fraction of sp³-hybridized carbons (Fsp3) is 0.538. The van der Waals surface area contributed by atoms with E-state index >= 15 is 0 Å². The molecule has 0 amide bonds. The Morgan fingerprint density at radius 2 is 2.22 bits per heavy atom. The molecule has 0 bridgehead atoms. The zero-order chi connectivity index (χ0) is 13.1. The molecule has 98 valence electrons. The van der Waals surface area contributed by atoms with Gasteiger partial charge >= 0.3 is 0 Å². The largest absolute Gasteiger partial charge is 0.386 e. The minimum absolute atomic E-state index is 0.394. The highest BCUT2D eigenvalue weighted by Gasteiger charge is 2.13. The molecule has 2 atom stereocenters. The first kappa shape index (κ1) is 12.8. The Labute approximate surface area is 107 Å². The number of aryl methyl sites for hydroxylation is 1. The Morgan fingerprint density at radius 3 is 2.83 bits per heavy atom. The van der Waals surface area contributed by atoms with Gasteiger partial charge in [-0.3, -0.25) is 4.68 Å². The first-order valence-electron chi connectivity index (χ1n) is 6.30. The summed E-state index contributed by atoms with van der Waals surface area (Å²) in [6, 6.07) is 2.35. The van der Waals surface area contributed by atoms with Crippen LogP contribution in [0.15, 0.2) is 24.8 Å². The maximum atomic E-state index is 10.1. The first-order chi connectivity index (χ1) is 8.60. The second kappa shape index (κ2) is 5.35. The Hall–Kier alpha value is -1.62. The van der Waals surface area contributed by atoms with E-state index in [1.165, 1.54) is 0 Å². The predicted octanol–water partition coefficient (Wildman–Crippen LogP) is 1.86. The van der Waals surface area contributed by atoms with Crippen LogP contribution in [0.3, 0.4) is 0 Å². The van der Waals surface area contributed by atoms with Crippen LogP contribution >= 0.6 is 0 Å². The second-order valence-electron chi connectivity index (χ2n) is 4.73. The molecule has 2 aromatic rings. The van der Waals surface area contributed by atoms with Gasteiger partial charge in [0, 0.05) is 31.9 Å². The molecule has 0 saturated heterocycles. The molecule has 0 radical (unpaired) electrons. The molecule has 0 aromatic carbocycles. The van der Waals surface area contributed by atoms with Gasteiger partial charge in [-0.25, -0.2) is 4.98 Å². The van der Waals surface area contributed by atoms with Gasteiger partial charge in [0.05, 0.1) is 17.7 Å². The van der Waals surface area contributed by atoms with Crippen molar-refractivity contribution in [1.29, 1.82) is 0 Å². The highest BCUT2D eigenvalue weighted by atomic mass is 16.3. The van der Waals surface area contributed by atoms with E-state index in [1.807, 2.05) is 34.8 Å². The maximum Gasteiger partial charge on any atom is 0.103 e. The van der Waals surface area contributed by atoms with Crippen LogP contribution < -0.4 is 0 Å². The highest BCUT2D eigenvalue weighted by Crippen LogP contribution is 2.16. The molecule has 2 rings (SSSR count). The zero-order valence-corrected chi connectivity index (χ0v) is 11.1. The van der Waals surface area contributed by atoms with Crippen LogP contribution in [0, 0.1) is 0 Å². The summed E-state index contributed by atoms with van der Waals surface area (Å²) in [5, 5.41) is 14.5. The van der Waals surface area contributed by atoms with E-state index in [2.05, 4.69) is 23.9 Å². The lowest BCUT2D eigenvalue weighted by atomic mass is 10.1. The van der Waals surface area contributed by atoms with E-state index in [-0.39, 0.29) is 0 Å². The molecule has 1 N–H and O–H groups in total. The third-order valence-electron chi connectivity index (χ3n) is 3.17.